The van der Waals surface area contributed by atoms with Gasteiger partial charge in [-0.15, -0.1) is 11.3 Å². The Bertz CT molecular complexity index is 542. The maximum absolute atomic E-state index is 11.4. The van der Waals surface area contributed by atoms with Crippen LogP contribution in [0.25, 0.3) is 10.6 Å². The van der Waals surface area contributed by atoms with Crippen molar-refractivity contribution in [1.29, 1.82) is 0 Å². The minimum atomic E-state index is -3.36. The van der Waals surface area contributed by atoms with E-state index in [-0.39, 0.29) is 4.21 Å². The van der Waals surface area contributed by atoms with Crippen molar-refractivity contribution in [2.45, 2.75) is 4.21 Å². The average Bonchev–Trinajstić information content (AvgIpc) is 2.88. The van der Waals surface area contributed by atoms with Gasteiger partial charge in [-0.25, -0.2) is 13.1 Å². The van der Waals surface area contributed by atoms with Crippen molar-refractivity contribution in [3.63, 3.8) is 0 Å². The number of nitrogens with one attached hydrogen (secondary N) is 1. The Morgan fingerprint density at radius 1 is 1.40 bits per heavy atom. The quantitative estimate of drug-likeness (QED) is 0.883. The van der Waals surface area contributed by atoms with Crippen LogP contribution in [-0.2, 0) is 10.0 Å². The van der Waals surface area contributed by atoms with Gasteiger partial charge in [0.25, 0.3) is 0 Å². The smallest absolute Gasteiger partial charge is 0.249 e. The van der Waals surface area contributed by atoms with Crippen LogP contribution in [0.3, 0.4) is 0 Å². The summed E-state index contributed by atoms with van der Waals surface area (Å²) in [5, 5.41) is 3.56. The summed E-state index contributed by atoms with van der Waals surface area (Å²) in [6.45, 7) is 0. The van der Waals surface area contributed by atoms with E-state index < -0.39 is 10.0 Å². The molecular formula is C8H8N2O3S2. The van der Waals surface area contributed by atoms with Crippen LogP contribution < -0.4 is 4.72 Å². The van der Waals surface area contributed by atoms with Crippen molar-refractivity contribution in [2.75, 3.05) is 7.05 Å². The largest absolute Gasteiger partial charge is 0.355 e. The zero-order valence-electron chi connectivity index (χ0n) is 7.80. The Labute approximate surface area is 90.8 Å². The first kappa shape index (κ1) is 10.3. The Kier molecular flexibility index (Phi) is 2.59. The van der Waals surface area contributed by atoms with Crippen LogP contribution in [0, 0.1) is 0 Å². The highest BCUT2D eigenvalue weighted by atomic mass is 32.2. The van der Waals surface area contributed by atoms with E-state index in [0.29, 0.717) is 5.76 Å². The van der Waals surface area contributed by atoms with Gasteiger partial charge < -0.3 is 4.52 Å². The average molecular weight is 244 g/mol. The maximum atomic E-state index is 11.4. The molecule has 0 atom stereocenters. The van der Waals surface area contributed by atoms with E-state index in [1.807, 2.05) is 0 Å². The van der Waals surface area contributed by atoms with Gasteiger partial charge in [0.1, 0.15) is 4.21 Å². The Balaban J connectivity index is 2.41. The molecule has 0 saturated heterocycles. The molecule has 5 nitrogen and oxygen atoms in total. The predicted molar refractivity (Wildman–Crippen MR) is 56.1 cm³/mol. The number of sulfonamides is 1. The lowest BCUT2D eigenvalue weighted by molar-refractivity contribution is 0.433. The molecule has 15 heavy (non-hydrogen) atoms. The van der Waals surface area contributed by atoms with Gasteiger partial charge in [0, 0.05) is 6.07 Å². The first-order valence-corrected chi connectivity index (χ1v) is 6.38. The summed E-state index contributed by atoms with van der Waals surface area (Å²) < 4.78 is 30.3. The van der Waals surface area contributed by atoms with Crippen LogP contribution in [0.2, 0.25) is 0 Å². The zero-order chi connectivity index (χ0) is 10.9. The summed E-state index contributed by atoms with van der Waals surface area (Å²) in [6, 6.07) is 4.91. The summed E-state index contributed by atoms with van der Waals surface area (Å²) in [5.41, 5.74) is 0. The van der Waals surface area contributed by atoms with E-state index in [1.165, 1.54) is 19.3 Å². The topological polar surface area (TPSA) is 72.2 Å². The molecule has 0 unspecified atom stereocenters. The molecule has 0 saturated carbocycles. The fourth-order valence-corrected chi connectivity index (χ4v) is 3.14. The molecule has 7 heteroatoms. The predicted octanol–water partition coefficient (Wildman–Crippen LogP) is 1.31. The van der Waals surface area contributed by atoms with Gasteiger partial charge in [-0.05, 0) is 19.2 Å². The molecule has 2 aromatic rings. The summed E-state index contributed by atoms with van der Waals surface area (Å²) in [6.07, 6.45) is 1.52. The van der Waals surface area contributed by atoms with Gasteiger partial charge in [-0.1, -0.05) is 5.16 Å². The van der Waals surface area contributed by atoms with Crippen LogP contribution in [0.5, 0.6) is 0 Å². The zero-order valence-corrected chi connectivity index (χ0v) is 9.43. The Hall–Kier alpha value is -1.18. The lowest BCUT2D eigenvalue weighted by Gasteiger charge is -1.95. The molecule has 80 valence electrons. The van der Waals surface area contributed by atoms with Gasteiger partial charge in [0.15, 0.2) is 5.76 Å². The Morgan fingerprint density at radius 2 is 2.20 bits per heavy atom. The highest BCUT2D eigenvalue weighted by molar-refractivity contribution is 7.91. The van der Waals surface area contributed by atoms with E-state index in [0.717, 1.165) is 16.2 Å². The number of hydrogen-bond acceptors (Lipinski definition) is 5. The monoisotopic (exact) mass is 244 g/mol. The molecule has 2 aromatic heterocycles. The van der Waals surface area contributed by atoms with E-state index in [9.17, 15) is 8.42 Å². The lowest BCUT2D eigenvalue weighted by Crippen LogP contribution is -2.17. The fourth-order valence-electron chi connectivity index (χ4n) is 1.04. The SMILES string of the molecule is CNS(=O)(=O)c1ccc(-c2ccno2)s1. The molecule has 0 aromatic carbocycles. The molecule has 0 bridgehead atoms. The standard InChI is InChI=1S/C8H8N2O3S2/c1-9-15(11,12)8-3-2-7(14-8)6-4-5-10-13-6/h2-5,9H,1H3. The molecule has 0 aliphatic rings. The van der Waals surface area contributed by atoms with Crippen LogP contribution in [-0.4, -0.2) is 20.6 Å². The van der Waals surface area contributed by atoms with Crippen molar-refractivity contribution in [1.82, 2.24) is 9.88 Å². The fraction of sp³-hybridized carbons (Fsp3) is 0.125. The number of rotatable bonds is 3. The Morgan fingerprint density at radius 3 is 2.80 bits per heavy atom. The lowest BCUT2D eigenvalue weighted by atomic mass is 10.4. The second-order valence-corrected chi connectivity index (χ2v) is 5.90. The molecule has 0 spiro atoms. The molecular weight excluding hydrogens is 236 g/mol. The molecule has 1 N–H and O–H groups in total. The molecule has 0 aliphatic carbocycles. The molecule has 0 fully saturated rings. The van der Waals surface area contributed by atoms with E-state index in [4.69, 9.17) is 4.52 Å². The van der Waals surface area contributed by atoms with E-state index in [2.05, 4.69) is 9.88 Å². The third kappa shape index (κ3) is 1.94. The first-order chi connectivity index (χ1) is 7.13. The molecule has 0 aliphatic heterocycles. The first-order valence-electron chi connectivity index (χ1n) is 4.08. The summed E-state index contributed by atoms with van der Waals surface area (Å²) in [7, 11) is -1.98. The molecule has 2 rings (SSSR count). The summed E-state index contributed by atoms with van der Waals surface area (Å²) >= 11 is 1.14. The minimum Gasteiger partial charge on any atom is -0.355 e. The number of aromatic nitrogens is 1. The third-order valence-corrected chi connectivity index (χ3v) is 4.80. The van der Waals surface area contributed by atoms with Crippen LogP contribution in [0.4, 0.5) is 0 Å². The van der Waals surface area contributed by atoms with Crippen molar-refractivity contribution < 1.29 is 12.9 Å². The van der Waals surface area contributed by atoms with Crippen molar-refractivity contribution in [3.8, 4) is 10.6 Å². The minimum absolute atomic E-state index is 0.261. The number of nitrogens with zero attached hydrogens (tertiary/aromatic N) is 1. The van der Waals surface area contributed by atoms with Gasteiger partial charge in [0.2, 0.25) is 10.0 Å². The van der Waals surface area contributed by atoms with Gasteiger partial charge >= 0.3 is 0 Å². The summed E-state index contributed by atoms with van der Waals surface area (Å²) in [4.78, 5) is 0.737. The molecule has 2 heterocycles. The highest BCUT2D eigenvalue weighted by Crippen LogP contribution is 2.29. The van der Waals surface area contributed by atoms with Gasteiger partial charge in [-0.2, -0.15) is 0 Å². The number of thiophene rings is 1. The molecule has 0 radical (unpaired) electrons. The van der Waals surface area contributed by atoms with Gasteiger partial charge in [0.05, 0.1) is 11.1 Å². The summed E-state index contributed by atoms with van der Waals surface area (Å²) in [5.74, 6) is 0.567. The van der Waals surface area contributed by atoms with E-state index >= 15 is 0 Å². The molecule has 0 amide bonds. The van der Waals surface area contributed by atoms with Crippen LogP contribution in [0.1, 0.15) is 0 Å². The van der Waals surface area contributed by atoms with Gasteiger partial charge in [-0.3, -0.25) is 0 Å². The highest BCUT2D eigenvalue weighted by Gasteiger charge is 2.15. The van der Waals surface area contributed by atoms with Crippen molar-refractivity contribution >= 4 is 21.4 Å². The van der Waals surface area contributed by atoms with Crippen LogP contribution >= 0.6 is 11.3 Å². The van der Waals surface area contributed by atoms with E-state index in [1.54, 1.807) is 12.1 Å². The maximum Gasteiger partial charge on any atom is 0.249 e. The van der Waals surface area contributed by atoms with Crippen LogP contribution in [0.15, 0.2) is 33.1 Å². The second-order valence-electron chi connectivity index (χ2n) is 2.70. The normalized spacial score (nSPS) is 11.8. The van der Waals surface area contributed by atoms with Crippen molar-refractivity contribution in [3.05, 3.63) is 24.4 Å². The number of hydrogen-bond donors (Lipinski definition) is 1. The van der Waals surface area contributed by atoms with Crippen molar-refractivity contribution in [2.24, 2.45) is 0 Å². The second kappa shape index (κ2) is 3.76. The third-order valence-electron chi connectivity index (χ3n) is 1.80.